The number of rotatable bonds is 2. The number of aromatic hydroxyl groups is 1. The standard InChI is InChI=1S/C9H7N3O3/c13-9-5-7(11-4-3-10-6-11)1-2-8(9)12(14)15/h1-6,13H. The van der Waals surface area contributed by atoms with E-state index in [0.29, 0.717) is 5.69 Å². The average molecular weight is 205 g/mol. The van der Waals surface area contributed by atoms with Crippen LogP contribution in [0.25, 0.3) is 5.69 Å². The Morgan fingerprint density at radius 2 is 2.27 bits per heavy atom. The molecule has 2 rings (SSSR count). The highest BCUT2D eigenvalue weighted by Crippen LogP contribution is 2.27. The van der Waals surface area contributed by atoms with Crippen LogP contribution < -0.4 is 0 Å². The van der Waals surface area contributed by atoms with Crippen molar-refractivity contribution in [3.63, 3.8) is 0 Å². The third-order valence-corrected chi connectivity index (χ3v) is 1.96. The molecular formula is C9H7N3O3. The van der Waals surface area contributed by atoms with E-state index in [1.165, 1.54) is 12.1 Å². The van der Waals surface area contributed by atoms with Crippen LogP contribution in [0.4, 0.5) is 5.69 Å². The molecule has 15 heavy (non-hydrogen) atoms. The van der Waals surface area contributed by atoms with Crippen molar-refractivity contribution in [1.29, 1.82) is 0 Å². The zero-order valence-corrected chi connectivity index (χ0v) is 7.57. The van der Waals surface area contributed by atoms with Crippen LogP contribution in [0.2, 0.25) is 0 Å². The van der Waals surface area contributed by atoms with Gasteiger partial charge in [-0.1, -0.05) is 0 Å². The zero-order valence-electron chi connectivity index (χ0n) is 7.57. The summed E-state index contributed by atoms with van der Waals surface area (Å²) >= 11 is 0. The number of nitro benzene ring substituents is 1. The van der Waals surface area contributed by atoms with Crippen LogP contribution in [0.15, 0.2) is 36.9 Å². The van der Waals surface area contributed by atoms with E-state index in [1.807, 2.05) is 0 Å². The molecule has 0 aliphatic carbocycles. The van der Waals surface area contributed by atoms with Gasteiger partial charge in [-0.05, 0) is 6.07 Å². The monoisotopic (exact) mass is 205 g/mol. The molecule has 0 aliphatic heterocycles. The summed E-state index contributed by atoms with van der Waals surface area (Å²) in [6, 6.07) is 4.12. The lowest BCUT2D eigenvalue weighted by molar-refractivity contribution is -0.385. The second-order valence-corrected chi connectivity index (χ2v) is 2.90. The maximum Gasteiger partial charge on any atom is 0.310 e. The molecule has 0 radical (unpaired) electrons. The van der Waals surface area contributed by atoms with E-state index >= 15 is 0 Å². The van der Waals surface area contributed by atoms with Gasteiger partial charge in [0.05, 0.1) is 16.9 Å². The fraction of sp³-hybridized carbons (Fsp3) is 0. The highest BCUT2D eigenvalue weighted by Gasteiger charge is 2.13. The van der Waals surface area contributed by atoms with Gasteiger partial charge >= 0.3 is 5.69 Å². The molecule has 0 fully saturated rings. The fourth-order valence-corrected chi connectivity index (χ4v) is 1.24. The highest BCUT2D eigenvalue weighted by atomic mass is 16.6. The van der Waals surface area contributed by atoms with Crippen molar-refractivity contribution in [3.8, 4) is 11.4 Å². The molecule has 0 unspecified atom stereocenters. The van der Waals surface area contributed by atoms with Gasteiger partial charge in [0, 0.05) is 24.5 Å². The predicted molar refractivity (Wildman–Crippen MR) is 51.9 cm³/mol. The largest absolute Gasteiger partial charge is 0.502 e. The highest BCUT2D eigenvalue weighted by molar-refractivity contribution is 5.52. The zero-order chi connectivity index (χ0) is 10.8. The summed E-state index contributed by atoms with van der Waals surface area (Å²) in [5, 5.41) is 19.8. The number of benzene rings is 1. The molecule has 2 aromatic rings. The number of imidazole rings is 1. The van der Waals surface area contributed by atoms with Crippen molar-refractivity contribution in [2.24, 2.45) is 0 Å². The van der Waals surface area contributed by atoms with Crippen molar-refractivity contribution < 1.29 is 10.0 Å². The minimum Gasteiger partial charge on any atom is -0.502 e. The van der Waals surface area contributed by atoms with E-state index in [4.69, 9.17) is 0 Å². The molecule has 0 saturated carbocycles. The van der Waals surface area contributed by atoms with Gasteiger partial charge in [0.25, 0.3) is 0 Å². The predicted octanol–water partition coefficient (Wildman–Crippen LogP) is 1.49. The Labute approximate surface area is 84.6 Å². The Morgan fingerprint density at radius 1 is 1.47 bits per heavy atom. The summed E-state index contributed by atoms with van der Waals surface area (Å²) < 4.78 is 1.64. The smallest absolute Gasteiger partial charge is 0.310 e. The Bertz CT molecular complexity index is 493. The first-order valence-electron chi connectivity index (χ1n) is 4.14. The van der Waals surface area contributed by atoms with E-state index in [-0.39, 0.29) is 11.4 Å². The molecule has 0 amide bonds. The first kappa shape index (κ1) is 9.20. The van der Waals surface area contributed by atoms with Crippen LogP contribution in [-0.4, -0.2) is 19.6 Å². The lowest BCUT2D eigenvalue weighted by Crippen LogP contribution is -1.92. The van der Waals surface area contributed by atoms with E-state index in [1.54, 1.807) is 29.4 Å². The number of nitro groups is 1. The number of nitrogens with zero attached hydrogens (tertiary/aromatic N) is 3. The number of phenols is 1. The number of hydrogen-bond acceptors (Lipinski definition) is 4. The molecule has 0 bridgehead atoms. The van der Waals surface area contributed by atoms with Crippen molar-refractivity contribution >= 4 is 5.69 Å². The Hall–Kier alpha value is -2.37. The minimum atomic E-state index is -0.632. The summed E-state index contributed by atoms with van der Waals surface area (Å²) in [5.74, 6) is -0.355. The summed E-state index contributed by atoms with van der Waals surface area (Å²) in [5.41, 5.74) is 0.314. The summed E-state index contributed by atoms with van der Waals surface area (Å²) in [4.78, 5) is 13.6. The number of hydrogen-bond donors (Lipinski definition) is 1. The lowest BCUT2D eigenvalue weighted by atomic mass is 10.2. The SMILES string of the molecule is O=[N+]([O-])c1ccc(-n2ccnc2)cc1O. The summed E-state index contributed by atoms with van der Waals surface area (Å²) in [7, 11) is 0. The quantitative estimate of drug-likeness (QED) is 0.594. The van der Waals surface area contributed by atoms with Gasteiger partial charge in [-0.2, -0.15) is 0 Å². The minimum absolute atomic E-state index is 0.307. The normalized spacial score (nSPS) is 10.1. The molecule has 6 heteroatoms. The lowest BCUT2D eigenvalue weighted by Gasteiger charge is -2.02. The molecular weight excluding hydrogens is 198 g/mol. The van der Waals surface area contributed by atoms with Crippen molar-refractivity contribution in [2.45, 2.75) is 0 Å². The van der Waals surface area contributed by atoms with Gasteiger partial charge in [0.1, 0.15) is 0 Å². The van der Waals surface area contributed by atoms with Gasteiger partial charge in [0.2, 0.25) is 0 Å². The van der Waals surface area contributed by atoms with Crippen LogP contribution in [0.3, 0.4) is 0 Å². The second kappa shape index (κ2) is 3.41. The molecule has 0 atom stereocenters. The number of aromatic nitrogens is 2. The molecule has 1 N–H and O–H groups in total. The Kier molecular flexibility index (Phi) is 2.09. The van der Waals surface area contributed by atoms with Gasteiger partial charge < -0.3 is 9.67 Å². The van der Waals surface area contributed by atoms with Crippen LogP contribution in [0, 0.1) is 10.1 Å². The molecule has 1 aromatic carbocycles. The Morgan fingerprint density at radius 3 is 2.80 bits per heavy atom. The molecule has 76 valence electrons. The Balaban J connectivity index is 2.47. The van der Waals surface area contributed by atoms with Crippen molar-refractivity contribution in [1.82, 2.24) is 9.55 Å². The first-order valence-corrected chi connectivity index (χ1v) is 4.14. The fourth-order valence-electron chi connectivity index (χ4n) is 1.24. The molecule has 6 nitrogen and oxygen atoms in total. The summed E-state index contributed by atoms with van der Waals surface area (Å²) in [6.07, 6.45) is 4.81. The number of phenolic OH excluding ortho intramolecular Hbond substituents is 1. The molecule has 0 spiro atoms. The van der Waals surface area contributed by atoms with Gasteiger partial charge in [-0.25, -0.2) is 4.98 Å². The van der Waals surface area contributed by atoms with Crippen molar-refractivity contribution in [3.05, 3.63) is 47.0 Å². The maximum absolute atomic E-state index is 10.4. The summed E-state index contributed by atoms with van der Waals surface area (Å²) in [6.45, 7) is 0. The van der Waals surface area contributed by atoms with Crippen LogP contribution >= 0.6 is 0 Å². The van der Waals surface area contributed by atoms with Crippen LogP contribution in [0.5, 0.6) is 5.75 Å². The van der Waals surface area contributed by atoms with E-state index in [2.05, 4.69) is 4.98 Å². The van der Waals surface area contributed by atoms with Crippen LogP contribution in [0.1, 0.15) is 0 Å². The van der Waals surface area contributed by atoms with Gasteiger partial charge in [-0.3, -0.25) is 10.1 Å². The topological polar surface area (TPSA) is 81.2 Å². The molecule has 0 aliphatic rings. The third kappa shape index (κ3) is 1.64. The van der Waals surface area contributed by atoms with Crippen molar-refractivity contribution in [2.75, 3.05) is 0 Å². The molecule has 1 aromatic heterocycles. The average Bonchev–Trinajstić information content (AvgIpc) is 2.69. The van der Waals surface area contributed by atoms with E-state index in [9.17, 15) is 15.2 Å². The van der Waals surface area contributed by atoms with E-state index in [0.717, 1.165) is 0 Å². The van der Waals surface area contributed by atoms with Gasteiger partial charge in [0.15, 0.2) is 5.75 Å². The van der Waals surface area contributed by atoms with Gasteiger partial charge in [-0.15, -0.1) is 0 Å². The second-order valence-electron chi connectivity index (χ2n) is 2.90. The molecule has 1 heterocycles. The molecule has 0 saturated heterocycles. The first-order chi connectivity index (χ1) is 7.18. The third-order valence-electron chi connectivity index (χ3n) is 1.96. The van der Waals surface area contributed by atoms with Crippen LogP contribution in [-0.2, 0) is 0 Å². The van der Waals surface area contributed by atoms with E-state index < -0.39 is 4.92 Å². The maximum atomic E-state index is 10.4.